The fraction of sp³-hybridized carbons (Fsp3) is 0.208. The predicted molar refractivity (Wildman–Crippen MR) is 129 cm³/mol. The SMILES string of the molecule is Fc1cccc(COc2c(Br)cc(C=Nc3ccc(N4CCOCC4)cc3)cc2Br)c1. The summed E-state index contributed by atoms with van der Waals surface area (Å²) in [5.41, 5.74) is 3.77. The maximum Gasteiger partial charge on any atom is 0.148 e. The molecule has 3 aromatic carbocycles. The topological polar surface area (TPSA) is 34.1 Å². The first-order valence-electron chi connectivity index (χ1n) is 9.91. The third-order valence-corrected chi connectivity index (χ3v) is 6.06. The number of hydrogen-bond acceptors (Lipinski definition) is 4. The van der Waals surface area contributed by atoms with Gasteiger partial charge in [0.25, 0.3) is 0 Å². The van der Waals surface area contributed by atoms with Crippen molar-refractivity contribution in [2.24, 2.45) is 4.99 Å². The first kappa shape index (κ1) is 22.0. The Labute approximate surface area is 198 Å². The monoisotopic (exact) mass is 546 g/mol. The van der Waals surface area contributed by atoms with E-state index in [1.54, 1.807) is 6.07 Å². The molecule has 1 saturated heterocycles. The second-order valence-electron chi connectivity index (χ2n) is 7.11. The van der Waals surface area contributed by atoms with Crippen LogP contribution >= 0.6 is 31.9 Å². The second kappa shape index (κ2) is 10.4. The van der Waals surface area contributed by atoms with Gasteiger partial charge in [-0.25, -0.2) is 4.39 Å². The van der Waals surface area contributed by atoms with Gasteiger partial charge in [-0.05, 0) is 91.5 Å². The highest BCUT2D eigenvalue weighted by Crippen LogP contribution is 2.35. The van der Waals surface area contributed by atoms with Crippen LogP contribution in [0.25, 0.3) is 0 Å². The van der Waals surface area contributed by atoms with Crippen LogP contribution in [0.15, 0.2) is 74.6 Å². The van der Waals surface area contributed by atoms with Crippen LogP contribution < -0.4 is 9.64 Å². The van der Waals surface area contributed by atoms with Gasteiger partial charge in [0, 0.05) is 25.0 Å². The molecule has 4 rings (SSSR count). The Balaban J connectivity index is 1.42. The molecular weight excluding hydrogens is 527 g/mol. The molecule has 0 N–H and O–H groups in total. The van der Waals surface area contributed by atoms with Crippen LogP contribution in [0.2, 0.25) is 0 Å². The van der Waals surface area contributed by atoms with Gasteiger partial charge in [-0.3, -0.25) is 4.99 Å². The lowest BCUT2D eigenvalue weighted by Gasteiger charge is -2.28. The fourth-order valence-corrected chi connectivity index (χ4v) is 4.75. The Kier molecular flexibility index (Phi) is 7.37. The summed E-state index contributed by atoms with van der Waals surface area (Å²) in [6.45, 7) is 3.64. The van der Waals surface area contributed by atoms with Crippen molar-refractivity contribution in [3.63, 3.8) is 0 Å². The van der Waals surface area contributed by atoms with E-state index in [-0.39, 0.29) is 12.4 Å². The number of morpholine rings is 1. The zero-order valence-electron chi connectivity index (χ0n) is 16.7. The van der Waals surface area contributed by atoms with Gasteiger partial charge in [0.15, 0.2) is 0 Å². The summed E-state index contributed by atoms with van der Waals surface area (Å²) in [4.78, 5) is 6.90. The van der Waals surface area contributed by atoms with Crippen LogP contribution in [0.3, 0.4) is 0 Å². The van der Waals surface area contributed by atoms with E-state index in [9.17, 15) is 4.39 Å². The molecule has 0 atom stereocenters. The number of nitrogens with zero attached hydrogens (tertiary/aromatic N) is 2. The zero-order chi connectivity index (χ0) is 21.6. The summed E-state index contributed by atoms with van der Waals surface area (Å²) in [6.07, 6.45) is 1.82. The maximum absolute atomic E-state index is 13.4. The van der Waals surface area contributed by atoms with Crippen molar-refractivity contribution in [2.45, 2.75) is 6.61 Å². The number of hydrogen-bond donors (Lipinski definition) is 0. The van der Waals surface area contributed by atoms with Crippen molar-refractivity contribution < 1.29 is 13.9 Å². The van der Waals surface area contributed by atoms with Gasteiger partial charge < -0.3 is 14.4 Å². The van der Waals surface area contributed by atoms with Crippen LogP contribution in [-0.2, 0) is 11.3 Å². The predicted octanol–water partition coefficient (Wildman–Crippen LogP) is 6.52. The third-order valence-electron chi connectivity index (χ3n) is 4.88. The van der Waals surface area contributed by atoms with Gasteiger partial charge >= 0.3 is 0 Å². The first-order valence-corrected chi connectivity index (χ1v) is 11.5. The van der Waals surface area contributed by atoms with Crippen molar-refractivity contribution in [1.82, 2.24) is 0 Å². The van der Waals surface area contributed by atoms with Gasteiger partial charge in [0.05, 0.1) is 27.8 Å². The molecule has 7 heteroatoms. The van der Waals surface area contributed by atoms with E-state index in [4.69, 9.17) is 9.47 Å². The highest BCUT2D eigenvalue weighted by Gasteiger charge is 2.11. The number of halogens is 3. The van der Waals surface area contributed by atoms with Gasteiger partial charge in [-0.1, -0.05) is 12.1 Å². The van der Waals surface area contributed by atoms with Crippen molar-refractivity contribution in [1.29, 1.82) is 0 Å². The van der Waals surface area contributed by atoms with Crippen molar-refractivity contribution in [3.8, 4) is 5.75 Å². The van der Waals surface area contributed by atoms with Crippen LogP contribution in [0.4, 0.5) is 15.8 Å². The highest BCUT2D eigenvalue weighted by atomic mass is 79.9. The lowest BCUT2D eigenvalue weighted by atomic mass is 10.2. The molecule has 1 fully saturated rings. The van der Waals surface area contributed by atoms with E-state index in [2.05, 4.69) is 53.9 Å². The Hall–Kier alpha value is -2.22. The van der Waals surface area contributed by atoms with E-state index in [0.717, 1.165) is 52.1 Å². The fourth-order valence-electron chi connectivity index (χ4n) is 3.29. The molecule has 0 radical (unpaired) electrons. The van der Waals surface area contributed by atoms with Crippen molar-refractivity contribution in [2.75, 3.05) is 31.2 Å². The number of aliphatic imine (C=N–C) groups is 1. The molecule has 0 bridgehead atoms. The van der Waals surface area contributed by atoms with Gasteiger partial charge in [0.1, 0.15) is 18.2 Å². The minimum absolute atomic E-state index is 0.274. The summed E-state index contributed by atoms with van der Waals surface area (Å²) in [7, 11) is 0. The van der Waals surface area contributed by atoms with Crippen LogP contribution in [0.5, 0.6) is 5.75 Å². The number of benzene rings is 3. The summed E-state index contributed by atoms with van der Waals surface area (Å²) in [5, 5.41) is 0. The molecule has 0 amide bonds. The molecule has 4 nitrogen and oxygen atoms in total. The van der Waals surface area contributed by atoms with E-state index in [1.165, 1.54) is 17.8 Å². The Morgan fingerprint density at radius 2 is 1.71 bits per heavy atom. The number of rotatable bonds is 6. The summed E-state index contributed by atoms with van der Waals surface area (Å²) in [6, 6.07) is 18.5. The average Bonchev–Trinajstić information content (AvgIpc) is 2.78. The summed E-state index contributed by atoms with van der Waals surface area (Å²) in [5.74, 6) is 0.389. The second-order valence-corrected chi connectivity index (χ2v) is 8.81. The third kappa shape index (κ3) is 5.93. The minimum Gasteiger partial charge on any atom is -0.487 e. The molecule has 0 aliphatic carbocycles. The van der Waals surface area contributed by atoms with Gasteiger partial charge in [0.2, 0.25) is 0 Å². The van der Waals surface area contributed by atoms with E-state index >= 15 is 0 Å². The smallest absolute Gasteiger partial charge is 0.148 e. The zero-order valence-corrected chi connectivity index (χ0v) is 19.9. The van der Waals surface area contributed by atoms with Crippen molar-refractivity contribution in [3.05, 3.63) is 86.6 Å². The Morgan fingerprint density at radius 1 is 1.00 bits per heavy atom. The van der Waals surface area contributed by atoms with Gasteiger partial charge in [-0.2, -0.15) is 0 Å². The molecule has 0 unspecified atom stereocenters. The summed E-state index contributed by atoms with van der Waals surface area (Å²) < 4.78 is 26.2. The minimum atomic E-state index is -0.274. The van der Waals surface area contributed by atoms with E-state index < -0.39 is 0 Å². The Morgan fingerprint density at radius 3 is 2.39 bits per heavy atom. The molecule has 1 aliphatic rings. The maximum atomic E-state index is 13.4. The van der Waals surface area contributed by atoms with Crippen molar-refractivity contribution >= 4 is 49.4 Å². The van der Waals surface area contributed by atoms with Crippen LogP contribution in [0.1, 0.15) is 11.1 Å². The van der Waals surface area contributed by atoms with Crippen LogP contribution in [0, 0.1) is 5.82 Å². The molecule has 3 aromatic rings. The molecule has 0 spiro atoms. The lowest BCUT2D eigenvalue weighted by Crippen LogP contribution is -2.36. The molecule has 1 heterocycles. The molecule has 31 heavy (non-hydrogen) atoms. The number of ether oxygens (including phenoxy) is 2. The lowest BCUT2D eigenvalue weighted by molar-refractivity contribution is 0.122. The standard InChI is InChI=1S/C24H21Br2FN2O2/c25-22-13-18(14-23(26)24(22)31-16-17-2-1-3-19(27)12-17)15-28-20-4-6-21(7-5-20)29-8-10-30-11-9-29/h1-7,12-15H,8-11,16H2. The molecule has 0 aromatic heterocycles. The number of anilines is 1. The molecular formula is C24H21Br2FN2O2. The molecule has 0 saturated carbocycles. The van der Waals surface area contributed by atoms with E-state index in [1.807, 2.05) is 36.5 Å². The Bertz CT molecular complexity index is 1040. The molecule has 160 valence electrons. The normalized spacial score (nSPS) is 14.2. The quantitative estimate of drug-likeness (QED) is 0.329. The van der Waals surface area contributed by atoms with Gasteiger partial charge in [-0.15, -0.1) is 0 Å². The average molecular weight is 548 g/mol. The first-order chi connectivity index (χ1) is 15.1. The molecule has 1 aliphatic heterocycles. The largest absolute Gasteiger partial charge is 0.487 e. The summed E-state index contributed by atoms with van der Waals surface area (Å²) >= 11 is 7.12. The highest BCUT2D eigenvalue weighted by molar-refractivity contribution is 9.11. The van der Waals surface area contributed by atoms with E-state index in [0.29, 0.717) is 5.75 Å². The van der Waals surface area contributed by atoms with Crippen LogP contribution in [-0.4, -0.2) is 32.5 Å².